The molecular weight excluding hydrogens is 849 g/mol. The van der Waals surface area contributed by atoms with Gasteiger partial charge < -0.3 is 24.4 Å². The van der Waals surface area contributed by atoms with Crippen molar-refractivity contribution in [3.05, 3.63) is 183 Å². The number of nitro groups is 1. The highest BCUT2D eigenvalue weighted by molar-refractivity contribution is 6.06. The van der Waals surface area contributed by atoms with Gasteiger partial charge in [-0.2, -0.15) is 0 Å². The van der Waals surface area contributed by atoms with Gasteiger partial charge in [-0.05, 0) is 75.0 Å². The number of aliphatic hydroxyl groups excluding tert-OH is 1. The molecule has 1 aliphatic rings. The molecule has 6 rings (SSSR count). The molecule has 5 aromatic rings. The third kappa shape index (κ3) is 11.3. The van der Waals surface area contributed by atoms with Crippen LogP contribution in [-0.4, -0.2) is 101 Å². The van der Waals surface area contributed by atoms with Gasteiger partial charge in [-0.1, -0.05) is 129 Å². The van der Waals surface area contributed by atoms with E-state index < -0.39 is 45.9 Å². The number of carbonyl (C=O) groups excluding carboxylic acids is 1. The second-order valence-corrected chi connectivity index (χ2v) is 17.4. The van der Waals surface area contributed by atoms with Crippen molar-refractivity contribution < 1.29 is 38.9 Å². The van der Waals surface area contributed by atoms with Gasteiger partial charge in [0.1, 0.15) is 18.6 Å². The van der Waals surface area contributed by atoms with E-state index in [4.69, 9.17) is 19.2 Å². The highest BCUT2D eigenvalue weighted by Crippen LogP contribution is 2.47. The Balaban J connectivity index is 1.53. The maximum atomic E-state index is 14.3. The minimum Gasteiger partial charge on any atom is -0.493 e. The largest absolute Gasteiger partial charge is 0.493 e. The minimum absolute atomic E-state index is 0.0167. The van der Waals surface area contributed by atoms with E-state index in [2.05, 4.69) is 67.0 Å². The summed E-state index contributed by atoms with van der Waals surface area (Å²) in [6.45, 7) is 10.8. The molecule has 1 aliphatic heterocycles. The van der Waals surface area contributed by atoms with Gasteiger partial charge in [-0.25, -0.2) is 4.79 Å². The molecule has 0 aliphatic carbocycles. The zero-order valence-electron chi connectivity index (χ0n) is 39.2. The van der Waals surface area contributed by atoms with Crippen LogP contribution in [-0.2, 0) is 19.9 Å². The van der Waals surface area contributed by atoms with Gasteiger partial charge in [0.2, 0.25) is 0 Å². The SMILES string of the molecule is CCCCN(CC1=C(C(=O)OCC)C(c2cccc([N+](=O)[O-])c2)C(C(=O)O)C(C)=N1)CC(C)(C)N(CC(O)COc1ccccc1OC)C(c1ccccc1)(c1ccccc1)c1ccccc1. The third-order valence-corrected chi connectivity index (χ3v) is 12.3. The van der Waals surface area contributed by atoms with Crippen LogP contribution < -0.4 is 9.47 Å². The normalized spacial score (nSPS) is 15.8. The summed E-state index contributed by atoms with van der Waals surface area (Å²) < 4.78 is 17.5. The summed E-state index contributed by atoms with van der Waals surface area (Å²) in [6, 6.07) is 43.8. The van der Waals surface area contributed by atoms with Crippen molar-refractivity contribution in [1.29, 1.82) is 0 Å². The van der Waals surface area contributed by atoms with E-state index in [-0.39, 0.29) is 43.3 Å². The second-order valence-electron chi connectivity index (χ2n) is 17.4. The number of non-ortho nitro benzene ring substituents is 1. The van der Waals surface area contributed by atoms with Gasteiger partial charge in [0.05, 0.1) is 35.4 Å². The number of carboxylic acids is 1. The van der Waals surface area contributed by atoms with Gasteiger partial charge in [-0.3, -0.25) is 29.7 Å². The predicted molar refractivity (Wildman–Crippen MR) is 260 cm³/mol. The quantitative estimate of drug-likeness (QED) is 0.0278. The van der Waals surface area contributed by atoms with Gasteiger partial charge in [0, 0.05) is 48.9 Å². The number of para-hydroxylation sites is 2. The number of aliphatic carboxylic acids is 1. The lowest BCUT2D eigenvalue weighted by Crippen LogP contribution is -2.63. The summed E-state index contributed by atoms with van der Waals surface area (Å²) in [5, 5.41) is 35.0. The number of aliphatic hydroxyl groups is 1. The molecule has 0 saturated carbocycles. The number of carbonyl (C=O) groups is 2. The van der Waals surface area contributed by atoms with Crippen LogP contribution in [0.15, 0.2) is 156 Å². The van der Waals surface area contributed by atoms with Gasteiger partial charge in [0.25, 0.3) is 5.69 Å². The molecule has 0 spiro atoms. The fourth-order valence-corrected chi connectivity index (χ4v) is 9.49. The Labute approximate surface area is 393 Å². The second kappa shape index (κ2) is 22.7. The number of aliphatic imine (C=N–C) groups is 1. The molecule has 2 N–H and O–H groups in total. The minimum atomic E-state index is -1.29. The number of nitrogens with zero attached hydrogens (tertiary/aromatic N) is 4. The Morgan fingerprint density at radius 1 is 0.836 bits per heavy atom. The Bertz CT molecular complexity index is 2420. The Morgan fingerprint density at radius 3 is 1.93 bits per heavy atom. The van der Waals surface area contributed by atoms with Gasteiger partial charge in [-0.15, -0.1) is 0 Å². The number of esters is 1. The van der Waals surface area contributed by atoms with Crippen LogP contribution in [0.25, 0.3) is 0 Å². The van der Waals surface area contributed by atoms with Crippen LogP contribution in [0.5, 0.6) is 11.5 Å². The van der Waals surface area contributed by atoms with Crippen LogP contribution in [0.2, 0.25) is 0 Å². The number of β-amino-alcohol motifs (C(OH)–C–C–N with tert-alkyl or cyclic N) is 1. The first-order chi connectivity index (χ1) is 32.3. The number of carboxylic acid groups (broad SMARTS) is 1. The van der Waals surface area contributed by atoms with Crippen molar-refractivity contribution >= 4 is 23.3 Å². The smallest absolute Gasteiger partial charge is 0.336 e. The Kier molecular flexibility index (Phi) is 16.8. The average Bonchev–Trinajstić information content (AvgIpc) is 3.33. The van der Waals surface area contributed by atoms with Crippen molar-refractivity contribution in [3.63, 3.8) is 0 Å². The van der Waals surface area contributed by atoms with Crippen LogP contribution in [0.1, 0.15) is 75.6 Å². The summed E-state index contributed by atoms with van der Waals surface area (Å²) in [7, 11) is 1.57. The summed E-state index contributed by atoms with van der Waals surface area (Å²) >= 11 is 0. The molecule has 3 unspecified atom stereocenters. The number of nitro benzene ring substituents is 1. The number of unbranched alkanes of at least 4 members (excludes halogenated alkanes) is 1. The number of hydrogen-bond acceptors (Lipinski definition) is 11. The van der Waals surface area contributed by atoms with E-state index >= 15 is 0 Å². The fourth-order valence-electron chi connectivity index (χ4n) is 9.49. The first-order valence-corrected chi connectivity index (χ1v) is 22.8. The third-order valence-electron chi connectivity index (χ3n) is 12.3. The van der Waals surface area contributed by atoms with E-state index in [1.165, 1.54) is 18.2 Å². The Morgan fingerprint density at radius 2 is 1.40 bits per heavy atom. The summed E-state index contributed by atoms with van der Waals surface area (Å²) in [5.74, 6) is -3.31. The monoisotopic (exact) mass is 910 g/mol. The Hall–Kier alpha value is -6.67. The van der Waals surface area contributed by atoms with Crippen molar-refractivity contribution in [1.82, 2.24) is 9.80 Å². The molecule has 0 fully saturated rings. The van der Waals surface area contributed by atoms with Gasteiger partial charge >= 0.3 is 11.9 Å². The first kappa shape index (κ1) is 49.8. The van der Waals surface area contributed by atoms with Crippen LogP contribution in [0.4, 0.5) is 5.69 Å². The van der Waals surface area contributed by atoms with E-state index in [0.717, 1.165) is 29.5 Å². The lowest BCUT2D eigenvalue weighted by molar-refractivity contribution is -0.384. The predicted octanol–water partition coefficient (Wildman–Crippen LogP) is 9.29. The number of rotatable bonds is 23. The zero-order valence-corrected chi connectivity index (χ0v) is 39.2. The molecule has 0 saturated heterocycles. The first-order valence-electron chi connectivity index (χ1n) is 22.8. The van der Waals surface area contributed by atoms with Gasteiger partial charge in [0.15, 0.2) is 11.5 Å². The molecule has 13 nitrogen and oxygen atoms in total. The number of hydrogen-bond donors (Lipinski definition) is 2. The average molecular weight is 911 g/mol. The van der Waals surface area contributed by atoms with E-state index in [9.17, 15) is 29.9 Å². The van der Waals surface area contributed by atoms with Crippen molar-refractivity contribution in [3.8, 4) is 11.5 Å². The van der Waals surface area contributed by atoms with Crippen LogP contribution in [0.3, 0.4) is 0 Å². The lowest BCUT2D eigenvalue weighted by Gasteiger charge is -2.54. The molecule has 1 heterocycles. The number of methoxy groups -OCH3 is 1. The molecule has 0 amide bonds. The van der Waals surface area contributed by atoms with Crippen molar-refractivity contribution in [2.75, 3.05) is 46.5 Å². The summed E-state index contributed by atoms with van der Waals surface area (Å²) in [5.41, 5.74) is 1.80. The molecule has 0 aromatic heterocycles. The van der Waals surface area contributed by atoms with E-state index in [0.29, 0.717) is 35.8 Å². The van der Waals surface area contributed by atoms with E-state index in [1.54, 1.807) is 33.1 Å². The van der Waals surface area contributed by atoms with Crippen LogP contribution in [0, 0.1) is 16.0 Å². The highest BCUT2D eigenvalue weighted by atomic mass is 16.6. The zero-order chi connectivity index (χ0) is 48.1. The fraction of sp³-hybridized carbons (Fsp3) is 0.352. The molecule has 13 heteroatoms. The van der Waals surface area contributed by atoms with Crippen molar-refractivity contribution in [2.45, 2.75) is 70.6 Å². The lowest BCUT2D eigenvalue weighted by atomic mass is 9.73. The molecule has 0 bridgehead atoms. The molecule has 3 atom stereocenters. The molecule has 5 aromatic carbocycles. The number of ether oxygens (including phenoxy) is 3. The summed E-state index contributed by atoms with van der Waals surface area (Å²) in [6.07, 6.45) is 0.616. The maximum Gasteiger partial charge on any atom is 0.336 e. The molecule has 67 heavy (non-hydrogen) atoms. The standard InChI is InChI=1S/C54H62N4O9/c1-7-9-32-56(35-45-50(52(62)66-8-2)49(48(51(60)61)38(3)55-45)39-22-21-29-43(33-39)58(63)64)37-53(4,5)57(34-44(59)36-67-47-31-20-19-30-46(47)65-6)54(40-23-13-10-14-24-40,41-25-15-11-16-26-41)42-27-17-12-18-28-42/h10-31,33,44,48-49,59H,7-9,32,34-37H2,1-6H3,(H,60,61). The van der Waals surface area contributed by atoms with Crippen LogP contribution >= 0.6 is 0 Å². The molecule has 352 valence electrons. The molecular formula is C54H62N4O9. The van der Waals surface area contributed by atoms with Crippen molar-refractivity contribution in [2.24, 2.45) is 10.9 Å². The molecule has 0 radical (unpaired) electrons. The van der Waals surface area contributed by atoms with E-state index in [1.807, 2.05) is 72.8 Å². The highest BCUT2D eigenvalue weighted by Gasteiger charge is 2.50. The maximum absolute atomic E-state index is 14.3. The number of benzene rings is 5. The topological polar surface area (TPSA) is 164 Å². The summed E-state index contributed by atoms with van der Waals surface area (Å²) in [4.78, 5) is 48.2.